The van der Waals surface area contributed by atoms with Crippen LogP contribution in [0.25, 0.3) is 11.8 Å². The minimum atomic E-state index is -4.67. The second-order valence-corrected chi connectivity index (χ2v) is 8.06. The van der Waals surface area contributed by atoms with Crippen molar-refractivity contribution in [2.24, 2.45) is 10.1 Å². The third-order valence-corrected chi connectivity index (χ3v) is 6.02. The number of rotatable bonds is 3. The zero-order chi connectivity index (χ0) is 22.5. The lowest BCUT2D eigenvalue weighted by Crippen LogP contribution is -2.35. The molecule has 2 aromatic rings. The van der Waals surface area contributed by atoms with Crippen molar-refractivity contribution in [1.82, 2.24) is 9.58 Å². The molecule has 2 aliphatic heterocycles. The zero-order valence-corrected chi connectivity index (χ0v) is 17.7. The fourth-order valence-electron chi connectivity index (χ4n) is 3.47. The number of carbonyl (C=O) groups excluding carboxylic acids is 1. The van der Waals surface area contributed by atoms with Crippen molar-refractivity contribution in [1.29, 1.82) is 5.41 Å². The number of aromatic nitrogens is 1. The maximum atomic E-state index is 13.0. The molecule has 1 aromatic heterocycles. The van der Waals surface area contributed by atoms with Gasteiger partial charge in [-0.1, -0.05) is 19.1 Å². The Labute approximate surface area is 180 Å². The van der Waals surface area contributed by atoms with Gasteiger partial charge in [-0.2, -0.15) is 28.3 Å². The van der Waals surface area contributed by atoms with Crippen molar-refractivity contribution >= 4 is 39.8 Å². The van der Waals surface area contributed by atoms with Gasteiger partial charge in [0.15, 0.2) is 5.84 Å². The highest BCUT2D eigenvalue weighted by atomic mass is 32.2. The fraction of sp³-hybridized carbons (Fsp3) is 0.238. The van der Waals surface area contributed by atoms with Crippen molar-refractivity contribution in [3.63, 3.8) is 0 Å². The van der Waals surface area contributed by atoms with Gasteiger partial charge in [-0.05, 0) is 67.4 Å². The number of fused-ring (bicyclic) bond motifs is 1. The summed E-state index contributed by atoms with van der Waals surface area (Å²) in [5.74, 6) is -1.20. The smallest absolute Gasteiger partial charge is 0.318 e. The van der Waals surface area contributed by atoms with E-state index in [9.17, 15) is 18.0 Å². The summed E-state index contributed by atoms with van der Waals surface area (Å²) >= 11 is 0.235. The first-order valence-corrected chi connectivity index (χ1v) is 10.3. The summed E-state index contributed by atoms with van der Waals surface area (Å²) in [6.45, 7) is 5.88. The third-order valence-electron chi connectivity index (χ3n) is 5.07. The van der Waals surface area contributed by atoms with Crippen molar-refractivity contribution in [2.75, 3.05) is 0 Å². The number of thioether (sulfide) groups is 1. The number of hydrogen-bond acceptors (Lipinski definition) is 4. The Hall–Kier alpha value is -3.14. The Balaban J connectivity index is 1.72. The summed E-state index contributed by atoms with van der Waals surface area (Å²) < 4.78 is 40.9. The van der Waals surface area contributed by atoms with Crippen LogP contribution in [0.2, 0.25) is 0 Å². The SMILES string of the molecule is CCc1ccc(-n2c(C)cc(C=C3C(=N)N4N=C(C(F)(F)F)SC4=NC3=O)c2C)cc1. The third kappa shape index (κ3) is 3.71. The van der Waals surface area contributed by atoms with Gasteiger partial charge in [0, 0.05) is 17.1 Å². The summed E-state index contributed by atoms with van der Waals surface area (Å²) in [7, 11) is 0. The van der Waals surface area contributed by atoms with E-state index in [2.05, 4.69) is 17.0 Å². The molecule has 0 saturated heterocycles. The number of aryl methyl sites for hydroxylation is 2. The van der Waals surface area contributed by atoms with Crippen LogP contribution in [-0.4, -0.2) is 37.7 Å². The molecule has 0 atom stereocenters. The van der Waals surface area contributed by atoms with Crippen LogP contribution in [0.4, 0.5) is 13.2 Å². The summed E-state index contributed by atoms with van der Waals surface area (Å²) in [6, 6.07) is 9.97. The van der Waals surface area contributed by atoms with E-state index in [1.165, 1.54) is 11.6 Å². The number of halogens is 3. The van der Waals surface area contributed by atoms with Gasteiger partial charge in [0.05, 0.1) is 5.57 Å². The Bertz CT molecular complexity index is 1190. The molecule has 0 bridgehead atoms. The average molecular weight is 445 g/mol. The maximum Gasteiger partial charge on any atom is 0.441 e. The van der Waals surface area contributed by atoms with Crippen LogP contribution in [-0.2, 0) is 11.2 Å². The topological polar surface area (TPSA) is 73.8 Å². The highest BCUT2D eigenvalue weighted by molar-refractivity contribution is 8.27. The number of amides is 1. The van der Waals surface area contributed by atoms with E-state index >= 15 is 0 Å². The number of nitrogens with zero attached hydrogens (tertiary/aromatic N) is 4. The van der Waals surface area contributed by atoms with Crippen LogP contribution >= 0.6 is 11.8 Å². The Kier molecular flexibility index (Phi) is 5.12. The summed E-state index contributed by atoms with van der Waals surface area (Å²) in [5, 5.41) is 11.0. The predicted molar refractivity (Wildman–Crippen MR) is 116 cm³/mol. The van der Waals surface area contributed by atoms with Crippen molar-refractivity contribution in [3.8, 4) is 5.69 Å². The highest BCUT2D eigenvalue weighted by Gasteiger charge is 2.46. The lowest BCUT2D eigenvalue weighted by atomic mass is 10.1. The molecule has 0 saturated carbocycles. The monoisotopic (exact) mass is 445 g/mol. The van der Waals surface area contributed by atoms with E-state index in [4.69, 9.17) is 5.41 Å². The predicted octanol–water partition coefficient (Wildman–Crippen LogP) is 4.84. The van der Waals surface area contributed by atoms with E-state index in [1.54, 1.807) is 0 Å². The highest BCUT2D eigenvalue weighted by Crippen LogP contribution is 2.35. The molecule has 160 valence electrons. The largest absolute Gasteiger partial charge is 0.441 e. The summed E-state index contributed by atoms with van der Waals surface area (Å²) in [6.07, 6.45) is -2.26. The van der Waals surface area contributed by atoms with Crippen LogP contribution in [0.1, 0.15) is 29.4 Å². The van der Waals surface area contributed by atoms with Gasteiger partial charge in [0.25, 0.3) is 5.91 Å². The number of nitrogens with one attached hydrogen (secondary N) is 1. The lowest BCUT2D eigenvalue weighted by molar-refractivity contribution is -0.114. The molecule has 3 heterocycles. The Morgan fingerprint density at radius 3 is 2.48 bits per heavy atom. The van der Waals surface area contributed by atoms with Crippen LogP contribution in [0.5, 0.6) is 0 Å². The molecule has 0 spiro atoms. The number of hydrazone groups is 1. The van der Waals surface area contributed by atoms with Crippen molar-refractivity contribution < 1.29 is 18.0 Å². The average Bonchev–Trinajstić information content (AvgIpc) is 3.26. The van der Waals surface area contributed by atoms with Crippen molar-refractivity contribution in [2.45, 2.75) is 33.4 Å². The van der Waals surface area contributed by atoms with Crippen LogP contribution in [0.3, 0.4) is 0 Å². The zero-order valence-electron chi connectivity index (χ0n) is 16.9. The molecule has 2 aliphatic rings. The molecular formula is C21H18F3N5OS. The van der Waals surface area contributed by atoms with Gasteiger partial charge in [0.2, 0.25) is 10.2 Å². The number of amidine groups is 2. The Morgan fingerprint density at radius 1 is 1.19 bits per heavy atom. The molecule has 31 heavy (non-hydrogen) atoms. The van der Waals surface area contributed by atoms with Gasteiger partial charge >= 0.3 is 6.18 Å². The molecule has 6 nitrogen and oxygen atoms in total. The molecule has 1 aromatic carbocycles. The number of hydrogen-bond donors (Lipinski definition) is 1. The second-order valence-electron chi connectivity index (χ2n) is 7.10. The van der Waals surface area contributed by atoms with Gasteiger partial charge in [-0.15, -0.1) is 0 Å². The first-order valence-electron chi connectivity index (χ1n) is 9.45. The molecule has 0 aliphatic carbocycles. The van der Waals surface area contributed by atoms with Crippen molar-refractivity contribution in [3.05, 3.63) is 58.4 Å². The molecule has 0 unspecified atom stereocenters. The van der Waals surface area contributed by atoms with E-state index in [0.29, 0.717) is 5.56 Å². The van der Waals surface area contributed by atoms with E-state index in [0.717, 1.165) is 28.5 Å². The molecular weight excluding hydrogens is 427 g/mol. The first kappa shape index (κ1) is 21.1. The van der Waals surface area contributed by atoms with Gasteiger partial charge in [-0.3, -0.25) is 10.2 Å². The van der Waals surface area contributed by atoms with E-state index in [-0.39, 0.29) is 22.5 Å². The van der Waals surface area contributed by atoms with Crippen LogP contribution in [0.15, 0.2) is 46.0 Å². The Morgan fingerprint density at radius 2 is 1.87 bits per heavy atom. The lowest BCUT2D eigenvalue weighted by Gasteiger charge is -2.20. The van der Waals surface area contributed by atoms with E-state index < -0.39 is 23.0 Å². The molecule has 0 fully saturated rings. The number of carbonyl (C=O) groups is 1. The summed E-state index contributed by atoms with van der Waals surface area (Å²) in [4.78, 5) is 16.2. The molecule has 1 amide bonds. The molecule has 0 radical (unpaired) electrons. The molecule has 4 rings (SSSR count). The minimum Gasteiger partial charge on any atom is -0.318 e. The van der Waals surface area contributed by atoms with Crippen LogP contribution in [0, 0.1) is 19.3 Å². The van der Waals surface area contributed by atoms with Gasteiger partial charge in [-0.25, -0.2) is 0 Å². The number of benzene rings is 1. The maximum absolute atomic E-state index is 13.0. The minimum absolute atomic E-state index is 0.113. The second kappa shape index (κ2) is 7.52. The first-order chi connectivity index (χ1) is 14.6. The fourth-order valence-corrected chi connectivity index (χ4v) is 4.23. The number of aliphatic imine (C=N–C) groups is 1. The normalized spacial score (nSPS) is 17.9. The van der Waals surface area contributed by atoms with Gasteiger partial charge in [0.1, 0.15) is 0 Å². The van der Waals surface area contributed by atoms with Gasteiger partial charge < -0.3 is 4.57 Å². The van der Waals surface area contributed by atoms with Crippen LogP contribution < -0.4 is 0 Å². The molecule has 10 heteroatoms. The standard InChI is InChI=1S/C21H18F3N5OS/c1-4-13-5-7-15(8-6-13)28-11(2)9-14(12(28)3)10-16-17(25)29-20(26-18(16)30)31-19(27-29)21(22,23)24/h5-10,25H,4H2,1-3H3. The number of alkyl halides is 3. The van der Waals surface area contributed by atoms with E-state index in [1.807, 2.05) is 48.7 Å². The quantitative estimate of drug-likeness (QED) is 0.688. The summed E-state index contributed by atoms with van der Waals surface area (Å²) in [5.41, 5.74) is 4.48. The molecule has 1 N–H and O–H groups in total.